The van der Waals surface area contributed by atoms with E-state index in [2.05, 4.69) is 15.5 Å². The Bertz CT molecular complexity index is 329. The molecule has 1 aromatic rings. The quantitative estimate of drug-likeness (QED) is 0.786. The van der Waals surface area contributed by atoms with Gasteiger partial charge >= 0.3 is 6.01 Å². The first-order valence-electron chi connectivity index (χ1n) is 4.66. The van der Waals surface area contributed by atoms with Crippen molar-refractivity contribution in [3.05, 3.63) is 5.82 Å². The number of rotatable bonds is 2. The molecule has 0 bridgehead atoms. The van der Waals surface area contributed by atoms with E-state index in [1.807, 2.05) is 0 Å². The summed E-state index contributed by atoms with van der Waals surface area (Å²) in [5, 5.41) is 6.84. The second-order valence-electron chi connectivity index (χ2n) is 3.41. The predicted octanol–water partition coefficient (Wildman–Crippen LogP) is 0.701. The van der Waals surface area contributed by atoms with Crippen LogP contribution in [0.5, 0.6) is 0 Å². The summed E-state index contributed by atoms with van der Waals surface area (Å²) in [4.78, 5) is 4.06. The van der Waals surface area contributed by atoms with E-state index < -0.39 is 10.8 Å². The van der Waals surface area contributed by atoms with Gasteiger partial charge in [0.15, 0.2) is 5.82 Å². The number of anilines is 1. The van der Waals surface area contributed by atoms with Crippen LogP contribution in [0, 0.1) is 6.92 Å². The van der Waals surface area contributed by atoms with E-state index in [1.54, 1.807) is 6.92 Å². The molecule has 0 spiro atoms. The summed E-state index contributed by atoms with van der Waals surface area (Å²) in [6, 6.07) is 0.799. The smallest absolute Gasteiger partial charge is 0.321 e. The summed E-state index contributed by atoms with van der Waals surface area (Å²) in [5.41, 5.74) is 0. The molecule has 2 heterocycles. The van der Waals surface area contributed by atoms with E-state index >= 15 is 0 Å². The van der Waals surface area contributed by atoms with Gasteiger partial charge < -0.3 is 9.84 Å². The second kappa shape index (κ2) is 4.08. The van der Waals surface area contributed by atoms with Crippen LogP contribution >= 0.6 is 0 Å². The van der Waals surface area contributed by atoms with Crippen LogP contribution < -0.4 is 5.32 Å². The molecule has 0 saturated carbocycles. The maximum absolute atomic E-state index is 11.1. The number of nitrogens with zero attached hydrogens (tertiary/aromatic N) is 2. The van der Waals surface area contributed by atoms with Gasteiger partial charge in [-0.25, -0.2) is 0 Å². The van der Waals surface area contributed by atoms with Crippen LogP contribution in [0.15, 0.2) is 4.52 Å². The molecule has 0 atom stereocenters. The molecular formula is C8H13N3O2S. The number of nitrogens with one attached hydrogen (secondary N) is 1. The van der Waals surface area contributed by atoms with Crippen molar-refractivity contribution in [3.8, 4) is 0 Å². The van der Waals surface area contributed by atoms with Gasteiger partial charge in [0.2, 0.25) is 0 Å². The van der Waals surface area contributed by atoms with Gasteiger partial charge in [-0.05, 0) is 19.8 Å². The van der Waals surface area contributed by atoms with Crippen molar-refractivity contribution in [3.63, 3.8) is 0 Å². The van der Waals surface area contributed by atoms with Crippen LogP contribution in [0.1, 0.15) is 18.7 Å². The first-order valence-corrected chi connectivity index (χ1v) is 6.14. The predicted molar refractivity (Wildman–Crippen MR) is 53.6 cm³/mol. The van der Waals surface area contributed by atoms with Crippen molar-refractivity contribution >= 4 is 16.8 Å². The summed E-state index contributed by atoms with van der Waals surface area (Å²) in [6.07, 6.45) is 1.82. The maximum atomic E-state index is 11.1. The molecule has 1 aliphatic heterocycles. The number of aromatic nitrogens is 2. The summed E-state index contributed by atoms with van der Waals surface area (Å²) in [7, 11) is -0.620. The zero-order valence-electron chi connectivity index (χ0n) is 8.02. The molecule has 0 amide bonds. The lowest BCUT2D eigenvalue weighted by Crippen LogP contribution is -2.29. The van der Waals surface area contributed by atoms with Crippen LogP contribution in [0.4, 0.5) is 6.01 Å². The van der Waals surface area contributed by atoms with E-state index in [9.17, 15) is 4.21 Å². The molecule has 0 aromatic carbocycles. The van der Waals surface area contributed by atoms with Crippen molar-refractivity contribution in [2.75, 3.05) is 16.8 Å². The van der Waals surface area contributed by atoms with Gasteiger partial charge in [0.05, 0.1) is 0 Å². The third-order valence-corrected chi connectivity index (χ3v) is 3.63. The Labute approximate surface area is 84.7 Å². The molecule has 78 valence electrons. The SMILES string of the molecule is Cc1noc(NC2CCS(=O)CC2)n1. The Morgan fingerprint density at radius 1 is 1.50 bits per heavy atom. The number of hydrogen-bond donors (Lipinski definition) is 1. The maximum Gasteiger partial charge on any atom is 0.321 e. The van der Waals surface area contributed by atoms with Gasteiger partial charge in [0, 0.05) is 28.3 Å². The molecule has 0 aliphatic carbocycles. The Balaban J connectivity index is 1.89. The lowest BCUT2D eigenvalue weighted by molar-refractivity contribution is 0.419. The van der Waals surface area contributed by atoms with Gasteiger partial charge in [-0.3, -0.25) is 4.21 Å². The molecule has 1 fully saturated rings. The molecule has 1 aromatic heterocycles. The topological polar surface area (TPSA) is 68.0 Å². The van der Waals surface area contributed by atoms with Crippen molar-refractivity contribution in [2.45, 2.75) is 25.8 Å². The minimum atomic E-state index is -0.620. The van der Waals surface area contributed by atoms with E-state index in [0.717, 1.165) is 24.3 Å². The number of hydrogen-bond acceptors (Lipinski definition) is 5. The molecule has 2 rings (SSSR count). The van der Waals surface area contributed by atoms with Gasteiger partial charge in [0.1, 0.15) is 0 Å². The standard InChI is InChI=1S/C8H13N3O2S/c1-6-9-8(13-11-6)10-7-2-4-14(12)5-3-7/h7H,2-5H2,1H3,(H,9,10,11). The Morgan fingerprint density at radius 2 is 2.21 bits per heavy atom. The zero-order chi connectivity index (χ0) is 9.97. The lowest BCUT2D eigenvalue weighted by Gasteiger charge is -2.20. The molecule has 1 N–H and O–H groups in total. The highest BCUT2D eigenvalue weighted by molar-refractivity contribution is 7.85. The van der Waals surface area contributed by atoms with E-state index in [1.165, 1.54) is 0 Å². The average Bonchev–Trinajstić information content (AvgIpc) is 2.56. The fourth-order valence-corrected chi connectivity index (χ4v) is 2.77. The first-order chi connectivity index (χ1) is 6.74. The molecule has 0 unspecified atom stereocenters. The average molecular weight is 215 g/mol. The van der Waals surface area contributed by atoms with Crippen LogP contribution in [-0.4, -0.2) is 31.9 Å². The Hall–Kier alpha value is -0.910. The van der Waals surface area contributed by atoms with E-state index in [4.69, 9.17) is 4.52 Å². The van der Waals surface area contributed by atoms with Crippen LogP contribution in [0.3, 0.4) is 0 Å². The lowest BCUT2D eigenvalue weighted by atomic mass is 10.2. The minimum absolute atomic E-state index is 0.326. The zero-order valence-corrected chi connectivity index (χ0v) is 8.84. The van der Waals surface area contributed by atoms with Crippen molar-refractivity contribution in [2.24, 2.45) is 0 Å². The highest BCUT2D eigenvalue weighted by atomic mass is 32.2. The normalized spacial score (nSPS) is 27.5. The molecular weight excluding hydrogens is 202 g/mol. The van der Waals surface area contributed by atoms with Gasteiger partial charge in [-0.2, -0.15) is 4.98 Å². The van der Waals surface area contributed by atoms with E-state index in [0.29, 0.717) is 17.9 Å². The van der Waals surface area contributed by atoms with Crippen molar-refractivity contribution < 1.29 is 8.73 Å². The van der Waals surface area contributed by atoms with Crippen LogP contribution in [-0.2, 0) is 10.8 Å². The fraction of sp³-hybridized carbons (Fsp3) is 0.750. The summed E-state index contributed by atoms with van der Waals surface area (Å²) in [6.45, 7) is 1.78. The molecule has 0 radical (unpaired) electrons. The minimum Gasteiger partial charge on any atom is -0.335 e. The summed E-state index contributed by atoms with van der Waals surface area (Å²) < 4.78 is 16.0. The highest BCUT2D eigenvalue weighted by Crippen LogP contribution is 2.14. The third kappa shape index (κ3) is 2.31. The van der Waals surface area contributed by atoms with Gasteiger partial charge in [-0.1, -0.05) is 5.16 Å². The van der Waals surface area contributed by atoms with E-state index in [-0.39, 0.29) is 0 Å². The molecule has 14 heavy (non-hydrogen) atoms. The monoisotopic (exact) mass is 215 g/mol. The molecule has 6 heteroatoms. The second-order valence-corrected chi connectivity index (χ2v) is 5.11. The number of aryl methyl sites for hydroxylation is 1. The van der Waals surface area contributed by atoms with Crippen molar-refractivity contribution in [1.82, 2.24) is 10.1 Å². The summed E-state index contributed by atoms with van der Waals surface area (Å²) in [5.74, 6) is 2.17. The summed E-state index contributed by atoms with van der Waals surface area (Å²) >= 11 is 0. The third-order valence-electron chi connectivity index (χ3n) is 2.24. The largest absolute Gasteiger partial charge is 0.335 e. The fourth-order valence-electron chi connectivity index (χ4n) is 1.47. The molecule has 5 nitrogen and oxygen atoms in total. The Kier molecular flexibility index (Phi) is 2.81. The highest BCUT2D eigenvalue weighted by Gasteiger charge is 2.19. The molecule has 1 aliphatic rings. The van der Waals surface area contributed by atoms with Crippen LogP contribution in [0.25, 0.3) is 0 Å². The van der Waals surface area contributed by atoms with Gasteiger partial charge in [-0.15, -0.1) is 0 Å². The van der Waals surface area contributed by atoms with Gasteiger partial charge in [0.25, 0.3) is 0 Å². The molecule has 1 saturated heterocycles. The first kappa shape index (κ1) is 9.64. The van der Waals surface area contributed by atoms with Crippen molar-refractivity contribution in [1.29, 1.82) is 0 Å². The Morgan fingerprint density at radius 3 is 2.79 bits per heavy atom. The van der Waals surface area contributed by atoms with Crippen LogP contribution in [0.2, 0.25) is 0 Å².